The molecule has 0 saturated carbocycles. The van der Waals surface area contributed by atoms with Crippen LogP contribution in [0, 0.1) is 0 Å². The first-order valence-corrected chi connectivity index (χ1v) is 11.4. The number of allylic oxidation sites excluding steroid dienone is 5. The highest BCUT2D eigenvalue weighted by atomic mass is 15.2. The summed E-state index contributed by atoms with van der Waals surface area (Å²) in [6, 6.07) is 20.3. The maximum Gasteiger partial charge on any atom is 0.0706 e. The van der Waals surface area contributed by atoms with Crippen molar-refractivity contribution in [3.63, 3.8) is 0 Å². The predicted octanol–water partition coefficient (Wildman–Crippen LogP) is 7.40. The molecule has 2 unspecified atom stereocenters. The second-order valence-electron chi connectivity index (χ2n) is 9.26. The third kappa shape index (κ3) is 2.30. The lowest BCUT2D eigenvalue weighted by molar-refractivity contribution is 0.506. The number of nitrogens with zero attached hydrogens (tertiary/aromatic N) is 1. The van der Waals surface area contributed by atoms with Crippen LogP contribution in [0.1, 0.15) is 24.0 Å². The topological polar surface area (TPSA) is 19.0 Å². The second-order valence-corrected chi connectivity index (χ2v) is 9.26. The van der Waals surface area contributed by atoms with Crippen molar-refractivity contribution in [1.82, 2.24) is 4.98 Å². The Hall–Kier alpha value is -3.78. The average Bonchev–Trinajstić information content (AvgIpc) is 3.12. The van der Waals surface area contributed by atoms with Gasteiger partial charge in [0.2, 0.25) is 0 Å². The fourth-order valence-electron chi connectivity index (χ4n) is 5.92. The normalized spacial score (nSPS) is 24.9. The molecule has 3 aliphatic rings. The van der Waals surface area contributed by atoms with Crippen LogP contribution in [0.5, 0.6) is 0 Å². The van der Waals surface area contributed by atoms with E-state index < -0.39 is 0 Å². The Labute approximate surface area is 187 Å². The fraction of sp³-hybridized carbons (Fsp3) is 0.133. The van der Waals surface area contributed by atoms with Crippen molar-refractivity contribution in [3.05, 3.63) is 114 Å². The van der Waals surface area contributed by atoms with Crippen molar-refractivity contribution in [2.45, 2.75) is 24.8 Å². The molecule has 2 aliphatic heterocycles. The molecule has 0 radical (unpaired) electrons. The van der Waals surface area contributed by atoms with E-state index in [1.807, 2.05) is 0 Å². The van der Waals surface area contributed by atoms with Crippen molar-refractivity contribution in [2.24, 2.45) is 0 Å². The van der Waals surface area contributed by atoms with E-state index in [1.165, 1.54) is 49.7 Å². The monoisotopic (exact) mass is 412 g/mol. The van der Waals surface area contributed by atoms with Gasteiger partial charge in [-0.2, -0.15) is 0 Å². The Morgan fingerprint density at radius 2 is 1.81 bits per heavy atom. The Balaban J connectivity index is 1.65. The molecule has 4 aromatic rings. The lowest BCUT2D eigenvalue weighted by atomic mass is 9.75. The summed E-state index contributed by atoms with van der Waals surface area (Å²) < 4.78 is 0. The summed E-state index contributed by atoms with van der Waals surface area (Å²) in [5.41, 5.74) is 8.97. The molecule has 1 aromatic heterocycles. The van der Waals surface area contributed by atoms with Crippen LogP contribution in [0.3, 0.4) is 0 Å². The lowest BCUT2D eigenvalue weighted by Gasteiger charge is -2.44. The lowest BCUT2D eigenvalue weighted by Crippen LogP contribution is -2.46. The summed E-state index contributed by atoms with van der Waals surface area (Å²) in [5, 5.41) is 2.58. The van der Waals surface area contributed by atoms with Gasteiger partial charge in [0.25, 0.3) is 0 Å². The highest BCUT2D eigenvalue weighted by Gasteiger charge is 2.43. The van der Waals surface area contributed by atoms with Crippen molar-refractivity contribution >= 4 is 27.5 Å². The van der Waals surface area contributed by atoms with Crippen LogP contribution in [0.15, 0.2) is 103 Å². The Morgan fingerprint density at radius 1 is 0.875 bits per heavy atom. The summed E-state index contributed by atoms with van der Waals surface area (Å²) in [7, 11) is 0. The minimum atomic E-state index is -0.188. The molecule has 0 bridgehead atoms. The van der Waals surface area contributed by atoms with E-state index in [9.17, 15) is 0 Å². The highest BCUT2D eigenvalue weighted by Crippen LogP contribution is 2.52. The number of para-hydroxylation sites is 2. The van der Waals surface area contributed by atoms with E-state index in [0.717, 1.165) is 6.42 Å². The zero-order valence-corrected chi connectivity index (χ0v) is 18.0. The molecule has 0 amide bonds. The molecule has 3 heterocycles. The van der Waals surface area contributed by atoms with Crippen LogP contribution in [0.4, 0.5) is 5.69 Å². The molecule has 7 rings (SSSR count). The van der Waals surface area contributed by atoms with E-state index in [1.54, 1.807) is 0 Å². The summed E-state index contributed by atoms with van der Waals surface area (Å²) in [6.45, 7) is 2.37. The molecule has 32 heavy (non-hydrogen) atoms. The first kappa shape index (κ1) is 17.9. The van der Waals surface area contributed by atoms with Crippen LogP contribution >= 0.6 is 0 Å². The minimum Gasteiger partial charge on any atom is -0.355 e. The van der Waals surface area contributed by atoms with Crippen LogP contribution in [-0.4, -0.2) is 10.5 Å². The molecule has 1 N–H and O–H groups in total. The van der Waals surface area contributed by atoms with Gasteiger partial charge >= 0.3 is 0 Å². The minimum absolute atomic E-state index is 0.188. The van der Waals surface area contributed by atoms with Gasteiger partial charge in [-0.3, -0.25) is 0 Å². The predicted molar refractivity (Wildman–Crippen MR) is 135 cm³/mol. The first-order chi connectivity index (χ1) is 15.7. The van der Waals surface area contributed by atoms with Gasteiger partial charge in [0.05, 0.1) is 11.2 Å². The molecule has 154 valence electrons. The number of aromatic nitrogens is 1. The molecule has 0 saturated heterocycles. The Bertz CT molecular complexity index is 1530. The van der Waals surface area contributed by atoms with Gasteiger partial charge in [0.15, 0.2) is 0 Å². The smallest absolute Gasteiger partial charge is 0.0706 e. The van der Waals surface area contributed by atoms with E-state index in [-0.39, 0.29) is 11.5 Å². The van der Waals surface area contributed by atoms with Gasteiger partial charge < -0.3 is 9.88 Å². The largest absolute Gasteiger partial charge is 0.355 e. The SMILES string of the molecule is CC12C=CC=CC1c1cc3[nH]c4ccccc4c3cc1-c1cccc3c1N2/C=C\C=C/C3. The standard InChI is InChI=1S/C30H24N2/c1-30-16-7-6-14-26(30)24-19-28-25(21-12-4-5-15-27(21)31-28)18-23(24)22-13-9-11-20-10-3-2-8-17-32(30)29(20)22/h2-9,11-19,26,31H,10H2,1H3/b3-2-,17-8-. The van der Waals surface area contributed by atoms with Crippen LogP contribution < -0.4 is 4.90 Å². The number of anilines is 1. The molecular formula is C30H24N2. The Kier molecular flexibility index (Phi) is 3.55. The first-order valence-electron chi connectivity index (χ1n) is 11.4. The maximum atomic E-state index is 3.67. The summed E-state index contributed by atoms with van der Waals surface area (Å²) in [4.78, 5) is 6.18. The second kappa shape index (κ2) is 6.37. The van der Waals surface area contributed by atoms with E-state index in [2.05, 4.69) is 120 Å². The number of rotatable bonds is 0. The third-order valence-electron chi connectivity index (χ3n) is 7.48. The molecule has 3 aromatic carbocycles. The molecule has 0 fully saturated rings. The highest BCUT2D eigenvalue weighted by molar-refractivity contribution is 6.09. The van der Waals surface area contributed by atoms with Gasteiger partial charge in [0.1, 0.15) is 0 Å². The van der Waals surface area contributed by atoms with Crippen LogP contribution in [0.2, 0.25) is 0 Å². The summed E-state index contributed by atoms with van der Waals surface area (Å²) in [5.74, 6) is 0.242. The van der Waals surface area contributed by atoms with Gasteiger partial charge in [-0.1, -0.05) is 72.9 Å². The molecule has 1 aliphatic carbocycles. The molecule has 2 atom stereocenters. The Morgan fingerprint density at radius 3 is 2.78 bits per heavy atom. The maximum absolute atomic E-state index is 3.67. The van der Waals surface area contributed by atoms with E-state index in [4.69, 9.17) is 0 Å². The van der Waals surface area contributed by atoms with Gasteiger partial charge in [0, 0.05) is 39.5 Å². The molecular weight excluding hydrogens is 388 g/mol. The third-order valence-corrected chi connectivity index (χ3v) is 7.48. The number of aromatic amines is 1. The van der Waals surface area contributed by atoms with Crippen molar-refractivity contribution < 1.29 is 0 Å². The van der Waals surface area contributed by atoms with Crippen LogP contribution in [-0.2, 0) is 6.42 Å². The molecule has 2 nitrogen and oxygen atoms in total. The van der Waals surface area contributed by atoms with E-state index in [0.29, 0.717) is 0 Å². The summed E-state index contributed by atoms with van der Waals surface area (Å²) in [6.07, 6.45) is 19.0. The quantitative estimate of drug-likeness (QED) is 0.319. The van der Waals surface area contributed by atoms with Crippen molar-refractivity contribution in [1.29, 1.82) is 0 Å². The zero-order valence-electron chi connectivity index (χ0n) is 18.0. The average molecular weight is 413 g/mol. The molecule has 0 spiro atoms. The number of H-pyrrole nitrogens is 1. The van der Waals surface area contributed by atoms with Crippen LogP contribution in [0.25, 0.3) is 32.9 Å². The zero-order chi connectivity index (χ0) is 21.3. The van der Waals surface area contributed by atoms with Gasteiger partial charge in [-0.05, 0) is 54.3 Å². The van der Waals surface area contributed by atoms with Gasteiger partial charge in [-0.15, -0.1) is 0 Å². The molecule has 2 heteroatoms. The number of nitrogens with one attached hydrogen (secondary N) is 1. The van der Waals surface area contributed by atoms with Gasteiger partial charge in [-0.25, -0.2) is 0 Å². The number of benzene rings is 3. The number of fused-ring (bicyclic) bond motifs is 8. The van der Waals surface area contributed by atoms with Crippen molar-refractivity contribution in [2.75, 3.05) is 4.90 Å². The van der Waals surface area contributed by atoms with Crippen molar-refractivity contribution in [3.8, 4) is 11.1 Å². The van der Waals surface area contributed by atoms with E-state index >= 15 is 0 Å². The summed E-state index contributed by atoms with van der Waals surface area (Å²) >= 11 is 0. The number of hydrogen-bond acceptors (Lipinski definition) is 1. The number of hydrogen-bond donors (Lipinski definition) is 1. The fourth-order valence-corrected chi connectivity index (χ4v) is 5.92.